The molecular formula is C16H14F2N2O4S. The van der Waals surface area contributed by atoms with E-state index < -0.39 is 23.7 Å². The van der Waals surface area contributed by atoms with Gasteiger partial charge in [0.1, 0.15) is 0 Å². The number of hydrogen-bond donors (Lipinski definition) is 1. The molecule has 132 valence electrons. The van der Waals surface area contributed by atoms with Crippen molar-refractivity contribution < 1.29 is 27.8 Å². The topological polar surface area (TPSA) is 82.3 Å². The third-order valence-electron chi connectivity index (χ3n) is 3.03. The number of pyridine rings is 1. The van der Waals surface area contributed by atoms with Crippen LogP contribution in [0.4, 0.5) is 14.5 Å². The first-order valence-corrected chi connectivity index (χ1v) is 7.99. The lowest BCUT2D eigenvalue weighted by Crippen LogP contribution is -2.37. The molecule has 0 radical (unpaired) electrons. The number of carbonyl (C=O) groups is 2. The second kappa shape index (κ2) is 8.43. The predicted molar refractivity (Wildman–Crippen MR) is 87.2 cm³/mol. The van der Waals surface area contributed by atoms with Crippen LogP contribution in [0, 0.1) is 5.21 Å². The van der Waals surface area contributed by atoms with Gasteiger partial charge in [0.25, 0.3) is 11.7 Å². The monoisotopic (exact) mass is 368 g/mol. The summed E-state index contributed by atoms with van der Waals surface area (Å²) in [6, 6.07) is 10.0. The Morgan fingerprint density at radius 3 is 2.48 bits per heavy atom. The minimum absolute atomic E-state index is 0.240. The summed E-state index contributed by atoms with van der Waals surface area (Å²) < 4.78 is 29.8. The number of alkyl halides is 2. The number of anilines is 1. The van der Waals surface area contributed by atoms with E-state index in [1.165, 1.54) is 49.4 Å². The maximum absolute atomic E-state index is 12.2. The largest absolute Gasteiger partial charge is 0.618 e. The molecule has 0 saturated heterocycles. The number of amides is 1. The molecule has 25 heavy (non-hydrogen) atoms. The van der Waals surface area contributed by atoms with Gasteiger partial charge in [-0.15, -0.1) is 0 Å². The molecule has 0 aliphatic carbocycles. The number of nitrogens with zero attached hydrogens (tertiary/aromatic N) is 1. The van der Waals surface area contributed by atoms with E-state index in [0.717, 1.165) is 6.20 Å². The van der Waals surface area contributed by atoms with Crippen molar-refractivity contribution >= 4 is 29.3 Å². The smallest absolute Gasteiger partial charge is 0.405 e. The SMILES string of the molecule is C[C@@H](OC(=O)c1cccc[n+]1[O-])C(=O)Nc1ccc(SC(F)F)cc1. The Balaban J connectivity index is 1.94. The van der Waals surface area contributed by atoms with Crippen molar-refractivity contribution in [3.63, 3.8) is 0 Å². The molecule has 0 saturated carbocycles. The zero-order valence-electron chi connectivity index (χ0n) is 13.0. The highest BCUT2D eigenvalue weighted by Crippen LogP contribution is 2.26. The summed E-state index contributed by atoms with van der Waals surface area (Å²) in [7, 11) is 0. The molecule has 1 aromatic carbocycles. The first-order valence-electron chi connectivity index (χ1n) is 7.11. The highest BCUT2D eigenvalue weighted by atomic mass is 32.2. The van der Waals surface area contributed by atoms with Crippen LogP contribution in [0.3, 0.4) is 0 Å². The van der Waals surface area contributed by atoms with Gasteiger partial charge in [-0.25, -0.2) is 4.79 Å². The number of carbonyl (C=O) groups excluding carboxylic acids is 2. The minimum Gasteiger partial charge on any atom is -0.618 e. The van der Waals surface area contributed by atoms with Gasteiger partial charge in [0, 0.05) is 22.7 Å². The Morgan fingerprint density at radius 1 is 1.20 bits per heavy atom. The third-order valence-corrected chi connectivity index (χ3v) is 3.76. The van der Waals surface area contributed by atoms with Gasteiger partial charge >= 0.3 is 11.7 Å². The lowest BCUT2D eigenvalue weighted by atomic mass is 10.3. The number of ether oxygens (including phenoxy) is 1. The molecule has 1 atom stereocenters. The Morgan fingerprint density at radius 2 is 1.88 bits per heavy atom. The van der Waals surface area contributed by atoms with Crippen molar-refractivity contribution in [3.05, 3.63) is 59.6 Å². The van der Waals surface area contributed by atoms with Gasteiger partial charge in [-0.3, -0.25) is 4.79 Å². The van der Waals surface area contributed by atoms with Gasteiger partial charge in [-0.2, -0.15) is 13.5 Å². The molecule has 6 nitrogen and oxygen atoms in total. The van der Waals surface area contributed by atoms with E-state index in [2.05, 4.69) is 5.32 Å². The van der Waals surface area contributed by atoms with Crippen LogP contribution >= 0.6 is 11.8 Å². The maximum Gasteiger partial charge on any atom is 0.405 e. The van der Waals surface area contributed by atoms with Crippen LogP contribution in [0.2, 0.25) is 0 Å². The number of thioether (sulfide) groups is 1. The van der Waals surface area contributed by atoms with Crippen molar-refractivity contribution in [2.45, 2.75) is 23.7 Å². The lowest BCUT2D eigenvalue weighted by molar-refractivity contribution is -0.608. The molecule has 0 aliphatic heterocycles. The van der Waals surface area contributed by atoms with Crippen molar-refractivity contribution in [3.8, 4) is 0 Å². The number of aromatic nitrogens is 1. The molecule has 1 amide bonds. The first-order chi connectivity index (χ1) is 11.9. The molecule has 0 aliphatic rings. The van der Waals surface area contributed by atoms with Gasteiger partial charge in [0.05, 0.1) is 0 Å². The average Bonchev–Trinajstić information content (AvgIpc) is 2.56. The second-order valence-corrected chi connectivity index (χ2v) is 5.91. The second-order valence-electron chi connectivity index (χ2n) is 4.85. The normalized spacial score (nSPS) is 11.8. The quantitative estimate of drug-likeness (QED) is 0.367. The van der Waals surface area contributed by atoms with Gasteiger partial charge in [-0.05, 0) is 37.3 Å². The lowest BCUT2D eigenvalue weighted by Gasteiger charge is -2.13. The highest BCUT2D eigenvalue weighted by Gasteiger charge is 2.23. The van der Waals surface area contributed by atoms with E-state index >= 15 is 0 Å². The van der Waals surface area contributed by atoms with Crippen LogP contribution in [0.15, 0.2) is 53.6 Å². The number of benzene rings is 1. The van der Waals surface area contributed by atoms with Gasteiger partial charge in [0.15, 0.2) is 12.3 Å². The fourth-order valence-corrected chi connectivity index (χ4v) is 2.32. The molecule has 2 aromatic rings. The predicted octanol–water partition coefficient (Wildman–Crippen LogP) is 2.82. The zero-order valence-corrected chi connectivity index (χ0v) is 13.8. The summed E-state index contributed by atoms with van der Waals surface area (Å²) in [5, 5.41) is 14.0. The molecule has 0 bridgehead atoms. The fourth-order valence-electron chi connectivity index (χ4n) is 1.82. The molecule has 0 spiro atoms. The molecule has 1 aromatic heterocycles. The third kappa shape index (κ3) is 5.42. The minimum atomic E-state index is -2.53. The number of hydrogen-bond acceptors (Lipinski definition) is 5. The average molecular weight is 368 g/mol. The standard InChI is InChI=1S/C16H14F2N2O4S/c1-10(24-15(22)13-4-2-3-9-20(13)23)14(21)19-11-5-7-12(8-6-11)25-16(17)18/h2-10,16H,1H3,(H,19,21)/t10-/m1/s1. The summed E-state index contributed by atoms with van der Waals surface area (Å²) in [5.74, 6) is -4.07. The van der Waals surface area contributed by atoms with Gasteiger partial charge < -0.3 is 15.3 Å². The van der Waals surface area contributed by atoms with Gasteiger partial charge in [-0.1, -0.05) is 11.8 Å². The molecular weight excluding hydrogens is 354 g/mol. The molecule has 0 fully saturated rings. The summed E-state index contributed by atoms with van der Waals surface area (Å²) in [6.45, 7) is 1.35. The van der Waals surface area contributed by atoms with Crippen molar-refractivity contribution in [2.75, 3.05) is 5.32 Å². The van der Waals surface area contributed by atoms with Crippen LogP contribution in [0.1, 0.15) is 17.4 Å². The Kier molecular flexibility index (Phi) is 6.29. The Hall–Kier alpha value is -2.68. The highest BCUT2D eigenvalue weighted by molar-refractivity contribution is 7.99. The van der Waals surface area contributed by atoms with Crippen molar-refractivity contribution in [1.82, 2.24) is 0 Å². The van der Waals surface area contributed by atoms with Crippen molar-refractivity contribution in [2.24, 2.45) is 0 Å². The van der Waals surface area contributed by atoms with E-state index in [1.807, 2.05) is 0 Å². The summed E-state index contributed by atoms with van der Waals surface area (Å²) in [4.78, 5) is 24.3. The number of halogens is 2. The summed E-state index contributed by atoms with van der Waals surface area (Å²) in [6.07, 6.45) is -0.0110. The van der Waals surface area contributed by atoms with Crippen LogP contribution in [0.5, 0.6) is 0 Å². The van der Waals surface area contributed by atoms with E-state index in [4.69, 9.17) is 4.74 Å². The molecule has 9 heteroatoms. The van der Waals surface area contributed by atoms with Crippen molar-refractivity contribution in [1.29, 1.82) is 0 Å². The van der Waals surface area contributed by atoms with Crippen LogP contribution in [0.25, 0.3) is 0 Å². The molecule has 2 rings (SSSR count). The van der Waals surface area contributed by atoms with Crippen LogP contribution in [-0.2, 0) is 9.53 Å². The zero-order chi connectivity index (χ0) is 18.4. The maximum atomic E-state index is 12.2. The summed E-state index contributed by atoms with van der Waals surface area (Å²) >= 11 is 0.392. The van der Waals surface area contributed by atoms with Gasteiger partial charge in [0.2, 0.25) is 0 Å². The summed E-state index contributed by atoms with van der Waals surface area (Å²) in [5.41, 5.74) is 0.126. The molecule has 0 unspecified atom stereocenters. The fraction of sp³-hybridized carbons (Fsp3) is 0.188. The van der Waals surface area contributed by atoms with Crippen LogP contribution in [-0.4, -0.2) is 23.7 Å². The van der Waals surface area contributed by atoms with Crippen LogP contribution < -0.4 is 10.0 Å². The first kappa shape index (κ1) is 18.7. The number of nitrogens with one attached hydrogen (secondary N) is 1. The number of esters is 1. The van der Waals surface area contributed by atoms with E-state index in [9.17, 15) is 23.6 Å². The van der Waals surface area contributed by atoms with E-state index in [0.29, 0.717) is 27.1 Å². The Bertz CT molecular complexity index is 756. The molecule has 1 heterocycles. The molecule has 1 N–H and O–H groups in total. The van der Waals surface area contributed by atoms with E-state index in [-0.39, 0.29) is 5.69 Å². The Labute approximate surface area is 146 Å². The van der Waals surface area contributed by atoms with E-state index in [1.54, 1.807) is 0 Å². The number of rotatable bonds is 6.